The van der Waals surface area contributed by atoms with Gasteiger partial charge in [0.15, 0.2) is 0 Å². The van der Waals surface area contributed by atoms with Crippen LogP contribution in [0.25, 0.3) is 44.4 Å². The van der Waals surface area contributed by atoms with Crippen molar-refractivity contribution >= 4 is 10.8 Å². The highest BCUT2D eigenvalue weighted by Crippen LogP contribution is 2.35. The normalized spacial score (nSPS) is 10.9. The average molecular weight is 467 g/mol. The number of benzene rings is 4. The van der Waals surface area contributed by atoms with Gasteiger partial charge in [-0.3, -0.25) is 0 Å². The molecule has 0 atom stereocenters. The summed E-state index contributed by atoms with van der Waals surface area (Å²) in [6.45, 7) is 0. The SMILES string of the molecule is Oc1ccccc1-c1cc(-c2ccccc2)cc(-c2cccc(Oc3nccc4ccccc34)c2)n1. The van der Waals surface area contributed by atoms with Gasteiger partial charge in [0, 0.05) is 22.7 Å². The fourth-order valence-corrected chi connectivity index (χ4v) is 4.31. The van der Waals surface area contributed by atoms with E-state index in [1.165, 1.54) is 0 Å². The number of rotatable bonds is 5. The minimum Gasteiger partial charge on any atom is -0.507 e. The molecule has 0 aliphatic carbocycles. The molecule has 6 aromatic rings. The van der Waals surface area contributed by atoms with Gasteiger partial charge in [-0.25, -0.2) is 9.97 Å². The lowest BCUT2D eigenvalue weighted by Crippen LogP contribution is -1.93. The molecule has 172 valence electrons. The van der Waals surface area contributed by atoms with E-state index in [-0.39, 0.29) is 5.75 Å². The van der Waals surface area contributed by atoms with Gasteiger partial charge >= 0.3 is 0 Å². The maximum Gasteiger partial charge on any atom is 0.227 e. The Bertz CT molecular complexity index is 1670. The van der Waals surface area contributed by atoms with Crippen LogP contribution in [0.5, 0.6) is 17.4 Å². The Morgan fingerprint density at radius 1 is 0.583 bits per heavy atom. The summed E-state index contributed by atoms with van der Waals surface area (Å²) in [6, 6.07) is 39.3. The van der Waals surface area contributed by atoms with Crippen molar-refractivity contribution in [3.05, 3.63) is 128 Å². The van der Waals surface area contributed by atoms with E-state index in [0.717, 1.165) is 33.2 Å². The number of ether oxygens (including phenoxy) is 1. The number of nitrogens with zero attached hydrogens (tertiary/aromatic N) is 2. The van der Waals surface area contributed by atoms with Gasteiger partial charge in [-0.2, -0.15) is 0 Å². The van der Waals surface area contributed by atoms with E-state index >= 15 is 0 Å². The van der Waals surface area contributed by atoms with Crippen molar-refractivity contribution in [1.29, 1.82) is 0 Å². The maximum absolute atomic E-state index is 10.5. The molecule has 0 aliphatic rings. The minimum absolute atomic E-state index is 0.195. The summed E-state index contributed by atoms with van der Waals surface area (Å²) in [5, 5.41) is 12.5. The molecule has 0 spiro atoms. The summed E-state index contributed by atoms with van der Waals surface area (Å²) in [4.78, 5) is 9.38. The molecule has 4 nitrogen and oxygen atoms in total. The molecular weight excluding hydrogens is 444 g/mol. The van der Waals surface area contributed by atoms with Crippen LogP contribution in [-0.2, 0) is 0 Å². The van der Waals surface area contributed by atoms with Crippen molar-refractivity contribution in [3.8, 4) is 51.0 Å². The van der Waals surface area contributed by atoms with E-state index < -0.39 is 0 Å². The number of pyridine rings is 2. The molecule has 6 rings (SSSR count). The van der Waals surface area contributed by atoms with Crippen LogP contribution in [0.4, 0.5) is 0 Å². The number of phenols is 1. The standard InChI is InChI=1S/C32H22N2O2/c35-31-16-7-6-15-28(31)30-21-25(22-9-2-1-3-10-22)20-29(34-30)24-12-8-13-26(19-24)36-32-27-14-5-4-11-23(27)17-18-33-32/h1-21,35H. The summed E-state index contributed by atoms with van der Waals surface area (Å²) in [6.07, 6.45) is 1.75. The Morgan fingerprint density at radius 2 is 1.33 bits per heavy atom. The Kier molecular flexibility index (Phi) is 5.60. The lowest BCUT2D eigenvalue weighted by Gasteiger charge is -2.12. The molecule has 0 fully saturated rings. The molecule has 0 bridgehead atoms. The van der Waals surface area contributed by atoms with Gasteiger partial charge in [-0.15, -0.1) is 0 Å². The predicted molar refractivity (Wildman–Crippen MR) is 144 cm³/mol. The zero-order valence-electron chi connectivity index (χ0n) is 19.4. The fraction of sp³-hybridized carbons (Fsp3) is 0. The van der Waals surface area contributed by atoms with E-state index in [1.807, 2.05) is 97.1 Å². The molecule has 1 N–H and O–H groups in total. The Hall–Kier alpha value is -4.96. The molecule has 2 aromatic heterocycles. The average Bonchev–Trinajstić information content (AvgIpc) is 2.94. The second-order valence-corrected chi connectivity index (χ2v) is 8.48. The van der Waals surface area contributed by atoms with Crippen molar-refractivity contribution in [2.45, 2.75) is 0 Å². The molecule has 0 aliphatic heterocycles. The molecular formula is C32H22N2O2. The number of aromatic hydroxyl groups is 1. The highest BCUT2D eigenvalue weighted by Gasteiger charge is 2.12. The third-order valence-electron chi connectivity index (χ3n) is 6.09. The van der Waals surface area contributed by atoms with Crippen LogP contribution < -0.4 is 4.74 Å². The Labute approximate surface area is 209 Å². The van der Waals surface area contributed by atoms with Crippen molar-refractivity contribution in [1.82, 2.24) is 9.97 Å². The number of fused-ring (bicyclic) bond motifs is 1. The quantitative estimate of drug-likeness (QED) is 0.279. The van der Waals surface area contributed by atoms with E-state index in [9.17, 15) is 5.11 Å². The first kappa shape index (κ1) is 21.6. The molecule has 4 heteroatoms. The van der Waals surface area contributed by atoms with Crippen LogP contribution in [-0.4, -0.2) is 15.1 Å². The van der Waals surface area contributed by atoms with Crippen molar-refractivity contribution in [2.75, 3.05) is 0 Å². The molecule has 36 heavy (non-hydrogen) atoms. The lowest BCUT2D eigenvalue weighted by molar-refractivity contribution is 0.469. The number of para-hydroxylation sites is 1. The van der Waals surface area contributed by atoms with Gasteiger partial charge in [0.1, 0.15) is 11.5 Å². The first-order chi connectivity index (χ1) is 17.7. The zero-order valence-corrected chi connectivity index (χ0v) is 19.4. The van der Waals surface area contributed by atoms with Crippen LogP contribution in [0.15, 0.2) is 128 Å². The minimum atomic E-state index is 0.195. The molecule has 0 amide bonds. The van der Waals surface area contributed by atoms with Crippen LogP contribution in [0.3, 0.4) is 0 Å². The summed E-state index contributed by atoms with van der Waals surface area (Å²) in [7, 11) is 0. The van der Waals surface area contributed by atoms with E-state index in [2.05, 4.69) is 23.2 Å². The highest BCUT2D eigenvalue weighted by atomic mass is 16.5. The van der Waals surface area contributed by atoms with Gasteiger partial charge in [-0.1, -0.05) is 72.8 Å². The topological polar surface area (TPSA) is 55.2 Å². The summed E-state index contributed by atoms with van der Waals surface area (Å²) in [5.74, 6) is 1.43. The van der Waals surface area contributed by atoms with Crippen LogP contribution in [0.2, 0.25) is 0 Å². The maximum atomic E-state index is 10.5. The molecule has 0 unspecified atom stereocenters. The zero-order chi connectivity index (χ0) is 24.3. The van der Waals surface area contributed by atoms with Gasteiger partial charge in [0.2, 0.25) is 5.88 Å². The molecule has 0 radical (unpaired) electrons. The largest absolute Gasteiger partial charge is 0.507 e. The first-order valence-electron chi connectivity index (χ1n) is 11.7. The van der Waals surface area contributed by atoms with Gasteiger partial charge in [-0.05, 0) is 65.0 Å². The third-order valence-corrected chi connectivity index (χ3v) is 6.09. The number of phenolic OH excluding ortho intramolecular Hbond substituents is 1. The van der Waals surface area contributed by atoms with Gasteiger partial charge in [0.25, 0.3) is 0 Å². The second kappa shape index (κ2) is 9.35. The second-order valence-electron chi connectivity index (χ2n) is 8.48. The summed E-state index contributed by atoms with van der Waals surface area (Å²) >= 11 is 0. The third kappa shape index (κ3) is 4.28. The van der Waals surface area contributed by atoms with Crippen molar-refractivity contribution in [3.63, 3.8) is 0 Å². The monoisotopic (exact) mass is 466 g/mol. The van der Waals surface area contributed by atoms with Crippen molar-refractivity contribution < 1.29 is 9.84 Å². The van der Waals surface area contributed by atoms with Crippen LogP contribution in [0.1, 0.15) is 0 Å². The Morgan fingerprint density at radius 3 is 2.22 bits per heavy atom. The summed E-state index contributed by atoms with van der Waals surface area (Å²) < 4.78 is 6.22. The number of hydrogen-bond donors (Lipinski definition) is 1. The number of aromatic nitrogens is 2. The highest BCUT2D eigenvalue weighted by molar-refractivity contribution is 5.87. The van der Waals surface area contributed by atoms with Gasteiger partial charge < -0.3 is 9.84 Å². The van der Waals surface area contributed by atoms with Crippen LogP contribution in [0, 0.1) is 0 Å². The Balaban J connectivity index is 1.45. The molecule has 2 heterocycles. The molecule has 0 saturated heterocycles. The van der Waals surface area contributed by atoms with E-state index in [1.54, 1.807) is 12.3 Å². The lowest BCUT2D eigenvalue weighted by atomic mass is 9.99. The smallest absolute Gasteiger partial charge is 0.227 e. The van der Waals surface area contributed by atoms with Gasteiger partial charge in [0.05, 0.1) is 11.4 Å². The molecule has 0 saturated carbocycles. The van der Waals surface area contributed by atoms with Crippen LogP contribution >= 0.6 is 0 Å². The molecule has 4 aromatic carbocycles. The first-order valence-corrected chi connectivity index (χ1v) is 11.7. The summed E-state index contributed by atoms with van der Waals surface area (Å²) in [5.41, 5.74) is 5.16. The fourth-order valence-electron chi connectivity index (χ4n) is 4.31. The van der Waals surface area contributed by atoms with E-state index in [0.29, 0.717) is 22.9 Å². The number of hydrogen-bond acceptors (Lipinski definition) is 4. The van der Waals surface area contributed by atoms with E-state index in [4.69, 9.17) is 9.72 Å². The predicted octanol–water partition coefficient (Wildman–Crippen LogP) is 8.13. The van der Waals surface area contributed by atoms with Crippen molar-refractivity contribution in [2.24, 2.45) is 0 Å².